The molecule has 8 heavy (non-hydrogen) atoms. The fourth-order valence-electron chi connectivity index (χ4n) is 0.865. The zero-order valence-corrected chi connectivity index (χ0v) is 7.39. The molecule has 3 heteroatoms. The van der Waals surface area contributed by atoms with E-state index in [2.05, 4.69) is 0 Å². The van der Waals surface area contributed by atoms with Gasteiger partial charge >= 0.3 is 29.6 Å². The van der Waals surface area contributed by atoms with Crippen LogP contribution in [-0.2, 0) is 0 Å². The van der Waals surface area contributed by atoms with Crippen LogP contribution >= 0.6 is 0 Å². The molecule has 0 amide bonds. The fraction of sp³-hybridized carbons (Fsp3) is 1.00. The predicted octanol–water partition coefficient (Wildman–Crippen LogP) is -2.03. The molecule has 0 unspecified atom stereocenters. The van der Waals surface area contributed by atoms with Crippen LogP contribution in [0.3, 0.4) is 0 Å². The monoisotopic (exact) mass is 123 g/mol. The summed E-state index contributed by atoms with van der Waals surface area (Å²) in [6.45, 7) is 1.53. The third kappa shape index (κ3) is 3.05. The smallest absolute Gasteiger partial charge is 0.785 e. The molecule has 0 saturated carbocycles. The molecule has 1 aliphatic rings. The Morgan fingerprint density at radius 3 is 1.75 bits per heavy atom. The van der Waals surface area contributed by atoms with Gasteiger partial charge in [-0.1, -0.05) is 6.42 Å². The van der Waals surface area contributed by atoms with Gasteiger partial charge in [0.1, 0.15) is 0 Å². The van der Waals surface area contributed by atoms with Gasteiger partial charge < -0.3 is 10.3 Å². The van der Waals surface area contributed by atoms with Crippen molar-refractivity contribution in [1.29, 1.82) is 0 Å². The number of nitrogens with zero attached hydrogens (tertiary/aromatic N) is 1. The molecule has 0 aromatic carbocycles. The molecule has 0 N–H and O–H groups in total. The first-order chi connectivity index (χ1) is 3.39. The van der Waals surface area contributed by atoms with E-state index in [1.165, 1.54) is 6.42 Å². The van der Waals surface area contributed by atoms with Crippen molar-refractivity contribution in [2.24, 2.45) is 0 Å². The molecule has 2 nitrogen and oxygen atoms in total. The van der Waals surface area contributed by atoms with Gasteiger partial charge in [-0.2, -0.15) is 0 Å². The number of hydrogen-bond acceptors (Lipinski definition) is 2. The maximum absolute atomic E-state index is 10.4. The average molecular weight is 123 g/mol. The van der Waals surface area contributed by atoms with Gasteiger partial charge in [0.25, 0.3) is 0 Å². The van der Waals surface area contributed by atoms with E-state index in [0.717, 1.165) is 31.0 Å². The summed E-state index contributed by atoms with van der Waals surface area (Å²) >= 11 is 0. The Morgan fingerprint density at radius 1 is 1.00 bits per heavy atom. The number of hydroxylamine groups is 2. The molecule has 0 aliphatic carbocycles. The van der Waals surface area contributed by atoms with E-state index in [0.29, 0.717) is 0 Å². The van der Waals surface area contributed by atoms with Crippen LogP contribution in [0.2, 0.25) is 0 Å². The van der Waals surface area contributed by atoms with E-state index in [9.17, 15) is 5.21 Å². The molecule has 1 fully saturated rings. The molecule has 1 aliphatic heterocycles. The first kappa shape index (κ1) is 8.92. The normalized spacial score (nSPS) is 22.1. The Balaban J connectivity index is 0.000000490. The zero-order chi connectivity index (χ0) is 5.11. The second-order valence-corrected chi connectivity index (χ2v) is 1.99. The predicted molar refractivity (Wildman–Crippen MR) is 28.8 cm³/mol. The second kappa shape index (κ2) is 4.77. The largest absolute Gasteiger partial charge is 1.00 e. The minimum Gasteiger partial charge on any atom is -0.785 e. The van der Waals surface area contributed by atoms with E-state index in [4.69, 9.17) is 0 Å². The summed E-state index contributed by atoms with van der Waals surface area (Å²) in [5.41, 5.74) is 0. The van der Waals surface area contributed by atoms with Gasteiger partial charge in [0.2, 0.25) is 0 Å². The van der Waals surface area contributed by atoms with Gasteiger partial charge in [0, 0.05) is 0 Å². The van der Waals surface area contributed by atoms with Gasteiger partial charge in [-0.3, -0.25) is 0 Å². The van der Waals surface area contributed by atoms with Gasteiger partial charge in [0.15, 0.2) is 0 Å². The standard InChI is InChI=1S/C5H10NO.Na/c7-6-4-2-1-3-5-6;/h1-5H2;/q-1;+1. The Labute approximate surface area is 72.1 Å². The van der Waals surface area contributed by atoms with Gasteiger partial charge in [-0.15, -0.1) is 0 Å². The molecule has 42 valence electrons. The van der Waals surface area contributed by atoms with Gasteiger partial charge in [-0.25, -0.2) is 0 Å². The number of piperidine rings is 1. The van der Waals surface area contributed by atoms with Crippen molar-refractivity contribution in [3.8, 4) is 0 Å². The Morgan fingerprint density at radius 2 is 1.50 bits per heavy atom. The quantitative estimate of drug-likeness (QED) is 0.347. The van der Waals surface area contributed by atoms with Crippen LogP contribution in [0, 0.1) is 5.21 Å². The Hall–Kier alpha value is 0.920. The summed E-state index contributed by atoms with van der Waals surface area (Å²) < 4.78 is 0. The SMILES string of the molecule is [Na+].[O-]N1CCCCC1. The van der Waals surface area contributed by atoms with Crippen molar-refractivity contribution in [3.63, 3.8) is 0 Å². The van der Waals surface area contributed by atoms with Crippen LogP contribution in [-0.4, -0.2) is 18.2 Å². The summed E-state index contributed by atoms with van der Waals surface area (Å²) in [5.74, 6) is 0. The van der Waals surface area contributed by atoms with E-state index in [-0.39, 0.29) is 29.6 Å². The van der Waals surface area contributed by atoms with Crippen LogP contribution < -0.4 is 29.6 Å². The maximum Gasteiger partial charge on any atom is 1.00 e. The van der Waals surface area contributed by atoms with Crippen LogP contribution in [0.15, 0.2) is 0 Å². The summed E-state index contributed by atoms with van der Waals surface area (Å²) in [6.07, 6.45) is 3.45. The van der Waals surface area contributed by atoms with Crippen molar-refractivity contribution in [2.45, 2.75) is 19.3 Å². The zero-order valence-electron chi connectivity index (χ0n) is 5.39. The molecule has 1 heterocycles. The summed E-state index contributed by atoms with van der Waals surface area (Å²) in [7, 11) is 0. The number of rotatable bonds is 0. The van der Waals surface area contributed by atoms with E-state index >= 15 is 0 Å². The van der Waals surface area contributed by atoms with Crippen LogP contribution in [0.5, 0.6) is 0 Å². The minimum atomic E-state index is 0. The first-order valence-electron chi connectivity index (χ1n) is 2.82. The van der Waals surface area contributed by atoms with Crippen molar-refractivity contribution in [2.75, 3.05) is 13.1 Å². The molecule has 0 aromatic heterocycles. The topological polar surface area (TPSA) is 26.3 Å². The Kier molecular flexibility index (Phi) is 5.31. The third-order valence-corrected chi connectivity index (χ3v) is 1.32. The van der Waals surface area contributed by atoms with E-state index in [1.54, 1.807) is 0 Å². The van der Waals surface area contributed by atoms with Crippen LogP contribution in [0.25, 0.3) is 0 Å². The van der Waals surface area contributed by atoms with Gasteiger partial charge in [0.05, 0.1) is 0 Å². The molecular formula is C5H10NNaO. The maximum atomic E-state index is 10.4. The first-order valence-corrected chi connectivity index (χ1v) is 2.82. The molecule has 0 radical (unpaired) electrons. The molecule has 0 atom stereocenters. The van der Waals surface area contributed by atoms with Crippen molar-refractivity contribution < 1.29 is 29.6 Å². The van der Waals surface area contributed by atoms with E-state index < -0.39 is 0 Å². The third-order valence-electron chi connectivity index (χ3n) is 1.32. The molecule has 0 bridgehead atoms. The van der Waals surface area contributed by atoms with Crippen LogP contribution in [0.1, 0.15) is 19.3 Å². The molecule has 1 rings (SSSR count). The summed E-state index contributed by atoms with van der Waals surface area (Å²) in [4.78, 5) is 0. The average Bonchev–Trinajstić information content (AvgIpc) is 1.69. The molecule has 1 saturated heterocycles. The fourth-order valence-corrected chi connectivity index (χ4v) is 0.865. The summed E-state index contributed by atoms with van der Waals surface area (Å²) in [5, 5.41) is 11.5. The van der Waals surface area contributed by atoms with Crippen molar-refractivity contribution >= 4 is 0 Å². The van der Waals surface area contributed by atoms with E-state index in [1.807, 2.05) is 0 Å². The number of hydrogen-bond donors (Lipinski definition) is 0. The summed E-state index contributed by atoms with van der Waals surface area (Å²) in [6, 6.07) is 0. The molecule has 0 aromatic rings. The van der Waals surface area contributed by atoms with Crippen molar-refractivity contribution in [3.05, 3.63) is 5.21 Å². The van der Waals surface area contributed by atoms with Gasteiger partial charge in [-0.05, 0) is 25.9 Å². The van der Waals surface area contributed by atoms with Crippen molar-refractivity contribution in [1.82, 2.24) is 5.06 Å². The molecular weight excluding hydrogens is 113 g/mol. The van der Waals surface area contributed by atoms with Crippen LogP contribution in [0.4, 0.5) is 0 Å². The Bertz CT molecular complexity index is 54.4. The second-order valence-electron chi connectivity index (χ2n) is 1.99. The molecule has 0 spiro atoms. The minimum absolute atomic E-state index is 0.